The third-order valence-corrected chi connectivity index (χ3v) is 8.29. The molecule has 0 atom stereocenters. The van der Waals surface area contributed by atoms with Crippen LogP contribution in [-0.4, -0.2) is 44.0 Å². The van der Waals surface area contributed by atoms with E-state index in [1.54, 1.807) is 0 Å². The maximum Gasteiger partial charge on any atom is 0.220 e. The highest BCUT2D eigenvalue weighted by Crippen LogP contribution is 2.61. The van der Waals surface area contributed by atoms with Crippen LogP contribution in [0, 0.1) is 23.2 Å². The summed E-state index contributed by atoms with van der Waals surface area (Å²) in [5, 5.41) is 3.21. The molecule has 1 N–H and O–H groups in total. The van der Waals surface area contributed by atoms with Crippen molar-refractivity contribution in [2.75, 3.05) is 19.3 Å². The minimum atomic E-state index is -3.09. The largest absolute Gasteiger partial charge is 0.353 e. The molecule has 0 aromatic rings. The third-order valence-electron chi connectivity index (χ3n) is 6.99. The molecule has 5 rings (SSSR count). The second-order valence-corrected chi connectivity index (χ2v) is 11.1. The Bertz CT molecular complexity index is 572. The van der Waals surface area contributed by atoms with Gasteiger partial charge in [0.05, 0.1) is 6.26 Å². The molecule has 4 aliphatic carbocycles. The Morgan fingerprint density at radius 2 is 1.54 bits per heavy atom. The Morgan fingerprint density at radius 1 is 1.04 bits per heavy atom. The maximum atomic E-state index is 12.6. The maximum absolute atomic E-state index is 12.6. The quantitative estimate of drug-likeness (QED) is 0.841. The number of carbonyl (C=O) groups is 1. The lowest BCUT2D eigenvalue weighted by Gasteiger charge is -2.56. The van der Waals surface area contributed by atoms with Gasteiger partial charge in [-0.2, -0.15) is 0 Å². The molecule has 4 bridgehead atoms. The van der Waals surface area contributed by atoms with Gasteiger partial charge in [-0.25, -0.2) is 12.7 Å². The van der Waals surface area contributed by atoms with Gasteiger partial charge in [0.25, 0.3) is 0 Å². The molecule has 5 aliphatic rings. The SMILES string of the molecule is CS(=O)(=O)N1CCC(NC(=O)CC23CC4CC(CC(C4)C2)C3)CC1. The molecule has 0 spiro atoms. The van der Waals surface area contributed by atoms with Crippen molar-refractivity contribution in [2.45, 2.75) is 63.8 Å². The minimum absolute atomic E-state index is 0.143. The monoisotopic (exact) mass is 354 g/mol. The molecule has 6 heteroatoms. The number of rotatable bonds is 4. The van der Waals surface area contributed by atoms with Crippen LogP contribution < -0.4 is 5.32 Å². The normalized spacial score (nSPS) is 40.0. The highest BCUT2D eigenvalue weighted by molar-refractivity contribution is 7.88. The van der Waals surface area contributed by atoms with Gasteiger partial charge < -0.3 is 5.32 Å². The first kappa shape index (κ1) is 16.8. The second-order valence-electron chi connectivity index (χ2n) is 9.10. The molecular weight excluding hydrogens is 324 g/mol. The fourth-order valence-corrected chi connectivity index (χ4v) is 7.33. The Hall–Kier alpha value is -0.620. The van der Waals surface area contributed by atoms with Crippen molar-refractivity contribution in [3.05, 3.63) is 0 Å². The van der Waals surface area contributed by atoms with E-state index in [0.717, 1.165) is 30.6 Å². The molecule has 0 radical (unpaired) electrons. The van der Waals surface area contributed by atoms with Crippen LogP contribution in [0.2, 0.25) is 0 Å². The van der Waals surface area contributed by atoms with Crippen LogP contribution in [0.5, 0.6) is 0 Å². The van der Waals surface area contributed by atoms with Crippen molar-refractivity contribution in [2.24, 2.45) is 23.2 Å². The van der Waals surface area contributed by atoms with Gasteiger partial charge >= 0.3 is 0 Å². The first-order valence-electron chi connectivity index (χ1n) is 9.56. The zero-order chi connectivity index (χ0) is 16.9. The van der Waals surface area contributed by atoms with E-state index in [1.807, 2.05) is 0 Å². The van der Waals surface area contributed by atoms with Gasteiger partial charge in [0, 0.05) is 25.6 Å². The van der Waals surface area contributed by atoms with Crippen LogP contribution in [0.15, 0.2) is 0 Å². The van der Waals surface area contributed by atoms with Gasteiger partial charge in [0.2, 0.25) is 15.9 Å². The molecular formula is C18H30N2O3S. The van der Waals surface area contributed by atoms with E-state index in [9.17, 15) is 13.2 Å². The van der Waals surface area contributed by atoms with Gasteiger partial charge in [0.15, 0.2) is 0 Å². The summed E-state index contributed by atoms with van der Waals surface area (Å²) in [6.07, 6.45) is 11.4. The van der Waals surface area contributed by atoms with Crippen LogP contribution in [0.4, 0.5) is 0 Å². The van der Waals surface area contributed by atoms with E-state index < -0.39 is 10.0 Å². The average Bonchev–Trinajstić information content (AvgIpc) is 2.44. The van der Waals surface area contributed by atoms with Crippen molar-refractivity contribution in [3.63, 3.8) is 0 Å². The van der Waals surface area contributed by atoms with Crippen molar-refractivity contribution >= 4 is 15.9 Å². The van der Waals surface area contributed by atoms with E-state index in [-0.39, 0.29) is 17.4 Å². The molecule has 0 unspecified atom stereocenters. The van der Waals surface area contributed by atoms with E-state index in [0.29, 0.717) is 19.5 Å². The van der Waals surface area contributed by atoms with Crippen LogP contribution in [-0.2, 0) is 14.8 Å². The summed E-state index contributed by atoms with van der Waals surface area (Å²) < 4.78 is 24.7. The third kappa shape index (κ3) is 3.36. The molecule has 4 saturated carbocycles. The van der Waals surface area contributed by atoms with Crippen LogP contribution >= 0.6 is 0 Å². The Balaban J connectivity index is 1.30. The number of nitrogens with zero attached hydrogens (tertiary/aromatic N) is 1. The van der Waals surface area contributed by atoms with Crippen LogP contribution in [0.25, 0.3) is 0 Å². The van der Waals surface area contributed by atoms with E-state index in [2.05, 4.69) is 5.32 Å². The van der Waals surface area contributed by atoms with Gasteiger partial charge in [-0.05, 0) is 74.5 Å². The summed E-state index contributed by atoms with van der Waals surface area (Å²) in [5.74, 6) is 2.83. The van der Waals surface area contributed by atoms with E-state index in [4.69, 9.17) is 0 Å². The van der Waals surface area contributed by atoms with Crippen LogP contribution in [0.1, 0.15) is 57.8 Å². The Labute approximate surface area is 145 Å². The predicted octanol–water partition coefficient (Wildman–Crippen LogP) is 2.13. The van der Waals surface area contributed by atoms with Crippen molar-refractivity contribution in [1.82, 2.24) is 9.62 Å². The number of nitrogens with one attached hydrogen (secondary N) is 1. The molecule has 1 saturated heterocycles. The summed E-state index contributed by atoms with van der Waals surface area (Å²) in [7, 11) is -3.09. The Kier molecular flexibility index (Phi) is 4.19. The summed E-state index contributed by atoms with van der Waals surface area (Å²) in [5.41, 5.74) is 0.284. The summed E-state index contributed by atoms with van der Waals surface area (Å²) >= 11 is 0. The highest BCUT2D eigenvalue weighted by atomic mass is 32.2. The fraction of sp³-hybridized carbons (Fsp3) is 0.944. The van der Waals surface area contributed by atoms with Crippen molar-refractivity contribution < 1.29 is 13.2 Å². The Morgan fingerprint density at radius 3 is 2.00 bits per heavy atom. The highest BCUT2D eigenvalue weighted by Gasteiger charge is 2.51. The van der Waals surface area contributed by atoms with E-state index in [1.165, 1.54) is 49.1 Å². The number of amides is 1. The zero-order valence-electron chi connectivity index (χ0n) is 14.7. The number of piperidine rings is 1. The van der Waals surface area contributed by atoms with E-state index >= 15 is 0 Å². The molecule has 0 aromatic heterocycles. The van der Waals surface area contributed by atoms with Gasteiger partial charge in [-0.3, -0.25) is 4.79 Å². The molecule has 24 heavy (non-hydrogen) atoms. The molecule has 136 valence electrons. The fourth-order valence-electron chi connectivity index (χ4n) is 6.46. The average molecular weight is 355 g/mol. The van der Waals surface area contributed by atoms with Crippen molar-refractivity contribution in [1.29, 1.82) is 0 Å². The summed E-state index contributed by atoms with van der Waals surface area (Å²) in [4.78, 5) is 12.6. The minimum Gasteiger partial charge on any atom is -0.353 e. The van der Waals surface area contributed by atoms with Gasteiger partial charge in [-0.1, -0.05) is 0 Å². The lowest BCUT2D eigenvalue weighted by Crippen LogP contribution is -2.50. The molecule has 0 aromatic carbocycles. The second kappa shape index (κ2) is 5.97. The predicted molar refractivity (Wildman–Crippen MR) is 92.8 cm³/mol. The standard InChI is InChI=1S/C18H30N2O3S/c1-24(22,23)20-4-2-16(3-5-20)19-17(21)12-18-9-13-6-14(10-18)8-15(7-13)11-18/h13-16H,2-12H2,1H3,(H,19,21). The first-order chi connectivity index (χ1) is 11.3. The smallest absolute Gasteiger partial charge is 0.220 e. The lowest BCUT2D eigenvalue weighted by atomic mass is 9.49. The number of hydrogen-bond donors (Lipinski definition) is 1. The number of hydrogen-bond acceptors (Lipinski definition) is 3. The van der Waals surface area contributed by atoms with Crippen LogP contribution in [0.3, 0.4) is 0 Å². The molecule has 1 amide bonds. The van der Waals surface area contributed by atoms with Gasteiger partial charge in [0.1, 0.15) is 0 Å². The summed E-state index contributed by atoms with van der Waals surface area (Å²) in [6.45, 7) is 1.06. The molecule has 5 nitrogen and oxygen atoms in total. The van der Waals surface area contributed by atoms with Crippen molar-refractivity contribution in [3.8, 4) is 0 Å². The van der Waals surface area contributed by atoms with Gasteiger partial charge in [-0.15, -0.1) is 0 Å². The lowest BCUT2D eigenvalue weighted by molar-refractivity contribution is -0.130. The molecule has 1 heterocycles. The number of carbonyl (C=O) groups excluding carboxylic acids is 1. The zero-order valence-corrected chi connectivity index (χ0v) is 15.5. The first-order valence-corrected chi connectivity index (χ1v) is 11.4. The molecule has 5 fully saturated rings. The molecule has 1 aliphatic heterocycles. The topological polar surface area (TPSA) is 66.5 Å². The summed E-state index contributed by atoms with van der Waals surface area (Å²) in [6, 6.07) is 0.143. The number of sulfonamides is 1.